The van der Waals surface area contributed by atoms with Crippen molar-refractivity contribution in [3.8, 4) is 0 Å². The molecule has 1 aliphatic heterocycles. The van der Waals surface area contributed by atoms with E-state index in [1.807, 2.05) is 30.3 Å². The van der Waals surface area contributed by atoms with Crippen LogP contribution in [0.4, 0.5) is 8.78 Å². The number of nitrogens with zero attached hydrogens (tertiary/aromatic N) is 1. The number of piperidine rings is 1. The predicted octanol–water partition coefficient (Wildman–Crippen LogP) is 5.24. The summed E-state index contributed by atoms with van der Waals surface area (Å²) in [6.07, 6.45) is 6.96. The van der Waals surface area contributed by atoms with E-state index in [1.54, 1.807) is 0 Å². The molecule has 2 fully saturated rings. The molecule has 0 aromatic heterocycles. The number of benzene rings is 2. The van der Waals surface area contributed by atoms with Gasteiger partial charge in [0.05, 0.1) is 0 Å². The third kappa shape index (κ3) is 6.26. The minimum Gasteiger partial charge on any atom is -0.349 e. The SMILES string of the molecule is O=C(NC1CCC(CCN2CCC(C(=O)c3ccc(F)c(F)c3)CC2)CC1)c1ccccc1. The van der Waals surface area contributed by atoms with Gasteiger partial charge in [-0.05, 0) is 101 Å². The molecule has 6 heteroatoms. The van der Waals surface area contributed by atoms with Crippen LogP contribution in [0.5, 0.6) is 0 Å². The number of nitrogens with one attached hydrogen (secondary N) is 1. The van der Waals surface area contributed by atoms with Crippen LogP contribution in [0.25, 0.3) is 0 Å². The highest BCUT2D eigenvalue weighted by Crippen LogP contribution is 2.29. The number of rotatable bonds is 7. The molecule has 1 heterocycles. The van der Waals surface area contributed by atoms with Crippen molar-refractivity contribution in [2.45, 2.75) is 51.0 Å². The van der Waals surface area contributed by atoms with Crippen LogP contribution in [-0.2, 0) is 0 Å². The third-order valence-electron chi connectivity index (χ3n) is 7.23. The number of hydrogen-bond donors (Lipinski definition) is 1. The van der Waals surface area contributed by atoms with Crippen molar-refractivity contribution >= 4 is 11.7 Å². The van der Waals surface area contributed by atoms with Crippen molar-refractivity contribution in [1.82, 2.24) is 10.2 Å². The van der Waals surface area contributed by atoms with Gasteiger partial charge in [0.2, 0.25) is 0 Å². The summed E-state index contributed by atoms with van der Waals surface area (Å²) in [6.45, 7) is 2.75. The fourth-order valence-electron chi connectivity index (χ4n) is 5.12. The Morgan fingerprint density at radius 2 is 1.55 bits per heavy atom. The fourth-order valence-corrected chi connectivity index (χ4v) is 5.12. The van der Waals surface area contributed by atoms with Gasteiger partial charge in [-0.15, -0.1) is 0 Å². The Balaban J connectivity index is 1.15. The van der Waals surface area contributed by atoms with Gasteiger partial charge in [-0.2, -0.15) is 0 Å². The Morgan fingerprint density at radius 1 is 0.848 bits per heavy atom. The van der Waals surface area contributed by atoms with Gasteiger partial charge in [0.1, 0.15) is 0 Å². The fraction of sp³-hybridized carbons (Fsp3) is 0.481. The molecule has 2 aromatic carbocycles. The van der Waals surface area contributed by atoms with Crippen LogP contribution < -0.4 is 5.32 Å². The van der Waals surface area contributed by atoms with Crippen LogP contribution >= 0.6 is 0 Å². The molecule has 0 radical (unpaired) electrons. The number of carbonyl (C=O) groups excluding carboxylic acids is 2. The summed E-state index contributed by atoms with van der Waals surface area (Å²) in [4.78, 5) is 27.4. The third-order valence-corrected chi connectivity index (χ3v) is 7.23. The van der Waals surface area contributed by atoms with Gasteiger partial charge < -0.3 is 10.2 Å². The first-order valence-corrected chi connectivity index (χ1v) is 12.1. The van der Waals surface area contributed by atoms with E-state index in [0.29, 0.717) is 11.5 Å². The highest BCUT2D eigenvalue weighted by Gasteiger charge is 2.28. The standard InChI is InChI=1S/C27H32F2N2O2/c28-24-11-8-22(18-25(24)29)26(32)20-13-16-31(17-14-20)15-12-19-6-9-23(10-7-19)30-27(33)21-4-2-1-3-5-21/h1-5,8,11,18-20,23H,6-7,9-10,12-17H2,(H,30,33). The second-order valence-electron chi connectivity index (χ2n) is 9.45. The minimum absolute atomic E-state index is 0.0137. The van der Waals surface area contributed by atoms with E-state index in [0.717, 1.165) is 76.7 Å². The minimum atomic E-state index is -0.965. The smallest absolute Gasteiger partial charge is 0.251 e. The first-order chi connectivity index (χ1) is 16.0. The average molecular weight is 455 g/mol. The second kappa shape index (κ2) is 11.0. The van der Waals surface area contributed by atoms with Gasteiger partial charge >= 0.3 is 0 Å². The molecule has 4 nitrogen and oxygen atoms in total. The van der Waals surface area contributed by atoms with E-state index in [1.165, 1.54) is 6.07 Å². The van der Waals surface area contributed by atoms with Crippen LogP contribution in [0.15, 0.2) is 48.5 Å². The summed E-state index contributed by atoms with van der Waals surface area (Å²) < 4.78 is 26.6. The molecule has 0 unspecified atom stereocenters. The molecular formula is C27H32F2N2O2. The zero-order valence-corrected chi connectivity index (χ0v) is 18.9. The van der Waals surface area contributed by atoms with E-state index in [-0.39, 0.29) is 29.2 Å². The molecule has 1 aliphatic carbocycles. The van der Waals surface area contributed by atoms with Crippen molar-refractivity contribution < 1.29 is 18.4 Å². The molecule has 176 valence electrons. The van der Waals surface area contributed by atoms with E-state index < -0.39 is 11.6 Å². The monoisotopic (exact) mass is 454 g/mol. The summed E-state index contributed by atoms with van der Waals surface area (Å²) in [5.74, 6) is -1.39. The normalized spacial score (nSPS) is 22.1. The van der Waals surface area contributed by atoms with Crippen LogP contribution in [0.3, 0.4) is 0 Å². The van der Waals surface area contributed by atoms with Crippen molar-refractivity contribution in [1.29, 1.82) is 0 Å². The molecule has 1 saturated heterocycles. The zero-order chi connectivity index (χ0) is 23.2. The van der Waals surface area contributed by atoms with Gasteiger partial charge in [-0.3, -0.25) is 9.59 Å². The molecular weight excluding hydrogens is 422 g/mol. The maximum Gasteiger partial charge on any atom is 0.251 e. The number of Topliss-reactive ketones (excluding diaryl/α,β-unsaturated/α-hetero) is 1. The number of amides is 1. The molecule has 33 heavy (non-hydrogen) atoms. The topological polar surface area (TPSA) is 49.4 Å². The molecule has 0 atom stereocenters. The number of ketones is 1. The van der Waals surface area contributed by atoms with Crippen molar-refractivity contribution in [3.05, 3.63) is 71.3 Å². The maximum absolute atomic E-state index is 13.5. The van der Waals surface area contributed by atoms with Crippen molar-refractivity contribution in [2.75, 3.05) is 19.6 Å². The summed E-state index contributed by atoms with van der Waals surface area (Å²) in [6, 6.07) is 13.0. The summed E-state index contributed by atoms with van der Waals surface area (Å²) in [7, 11) is 0. The highest BCUT2D eigenvalue weighted by atomic mass is 19.2. The Labute approximate surface area is 194 Å². The lowest BCUT2D eigenvalue weighted by Gasteiger charge is -2.34. The van der Waals surface area contributed by atoms with Gasteiger partial charge in [0, 0.05) is 23.1 Å². The Kier molecular flexibility index (Phi) is 7.86. The number of hydrogen-bond acceptors (Lipinski definition) is 3. The van der Waals surface area contributed by atoms with E-state index in [4.69, 9.17) is 0 Å². The van der Waals surface area contributed by atoms with Crippen LogP contribution in [0.1, 0.15) is 65.7 Å². The maximum atomic E-state index is 13.5. The Hall–Kier alpha value is -2.60. The molecule has 2 aromatic rings. The van der Waals surface area contributed by atoms with Crippen LogP contribution in [0, 0.1) is 23.5 Å². The molecule has 2 aliphatic rings. The largest absolute Gasteiger partial charge is 0.349 e. The molecule has 0 spiro atoms. The first-order valence-electron chi connectivity index (χ1n) is 12.1. The van der Waals surface area contributed by atoms with Crippen molar-refractivity contribution in [2.24, 2.45) is 11.8 Å². The van der Waals surface area contributed by atoms with E-state index in [2.05, 4.69) is 10.2 Å². The van der Waals surface area contributed by atoms with Crippen LogP contribution in [-0.4, -0.2) is 42.3 Å². The lowest BCUT2D eigenvalue weighted by atomic mass is 9.83. The zero-order valence-electron chi connectivity index (χ0n) is 18.9. The molecule has 0 bridgehead atoms. The molecule has 1 saturated carbocycles. The Morgan fingerprint density at radius 3 is 2.21 bits per heavy atom. The molecule has 4 rings (SSSR count). The van der Waals surface area contributed by atoms with E-state index in [9.17, 15) is 18.4 Å². The van der Waals surface area contributed by atoms with E-state index >= 15 is 0 Å². The summed E-state index contributed by atoms with van der Waals surface area (Å²) in [5.41, 5.74) is 0.981. The average Bonchev–Trinajstić information content (AvgIpc) is 2.85. The number of likely N-dealkylation sites (tertiary alicyclic amines) is 1. The first kappa shape index (κ1) is 23.6. The van der Waals surface area contributed by atoms with Gasteiger partial charge in [0.25, 0.3) is 5.91 Å². The predicted molar refractivity (Wildman–Crippen MR) is 124 cm³/mol. The summed E-state index contributed by atoms with van der Waals surface area (Å²) in [5, 5.41) is 3.17. The molecule has 1 amide bonds. The number of carbonyl (C=O) groups is 2. The second-order valence-corrected chi connectivity index (χ2v) is 9.45. The van der Waals surface area contributed by atoms with Gasteiger partial charge in [0.15, 0.2) is 17.4 Å². The lowest BCUT2D eigenvalue weighted by molar-refractivity contribution is 0.0832. The summed E-state index contributed by atoms with van der Waals surface area (Å²) >= 11 is 0. The highest BCUT2D eigenvalue weighted by molar-refractivity contribution is 5.98. The van der Waals surface area contributed by atoms with Crippen molar-refractivity contribution in [3.63, 3.8) is 0 Å². The molecule has 1 N–H and O–H groups in total. The van der Waals surface area contributed by atoms with Crippen LogP contribution in [0.2, 0.25) is 0 Å². The Bertz CT molecular complexity index is 950. The van der Waals surface area contributed by atoms with Gasteiger partial charge in [-0.1, -0.05) is 18.2 Å². The quantitative estimate of drug-likeness (QED) is 0.582. The number of halogens is 2. The van der Waals surface area contributed by atoms with Gasteiger partial charge in [-0.25, -0.2) is 8.78 Å². The lowest BCUT2D eigenvalue weighted by Crippen LogP contribution is -2.39.